The zero-order chi connectivity index (χ0) is 37.5. The number of aromatic nitrogens is 4. The zero-order valence-corrected chi connectivity index (χ0v) is 31.2. The summed E-state index contributed by atoms with van der Waals surface area (Å²) in [5.41, 5.74) is 10.1. The van der Waals surface area contributed by atoms with Crippen LogP contribution in [0.3, 0.4) is 0 Å². The van der Waals surface area contributed by atoms with Crippen molar-refractivity contribution in [3.8, 4) is 51.0 Å². The lowest BCUT2D eigenvalue weighted by atomic mass is 9.98. The summed E-state index contributed by atoms with van der Waals surface area (Å²) in [6, 6.07) is 63.8. The lowest BCUT2D eigenvalue weighted by molar-refractivity contribution is 0.669. The predicted octanol–water partition coefficient (Wildman–Crippen LogP) is 13.9. The molecule has 12 rings (SSSR count). The van der Waals surface area contributed by atoms with Crippen LogP contribution in [0.1, 0.15) is 0 Å². The third-order valence-corrected chi connectivity index (χ3v) is 12.3. The molecule has 0 aliphatic carbocycles. The van der Waals surface area contributed by atoms with Crippen molar-refractivity contribution < 1.29 is 4.42 Å². The molecule has 5 nitrogen and oxygen atoms in total. The van der Waals surface area contributed by atoms with Gasteiger partial charge in [-0.1, -0.05) is 140 Å². The highest BCUT2D eigenvalue weighted by molar-refractivity contribution is 7.26. The van der Waals surface area contributed by atoms with E-state index in [9.17, 15) is 0 Å². The van der Waals surface area contributed by atoms with Gasteiger partial charge in [0, 0.05) is 64.1 Å². The SMILES string of the molecule is c1ccc(-c2nc(-c3cc(-n4c5ccccc5c5ccccc54)cc4c3sc3cccc(-c5ccccc5)c34)nc(-c3cccc4oc5ccccc5c34)n2)cc1. The fraction of sp³-hybridized carbons (Fsp3) is 0. The van der Waals surface area contributed by atoms with Gasteiger partial charge in [-0.15, -0.1) is 11.3 Å². The molecule has 0 atom stereocenters. The van der Waals surface area contributed by atoms with Gasteiger partial charge in [-0.3, -0.25) is 0 Å². The second-order valence-corrected chi connectivity index (χ2v) is 15.4. The summed E-state index contributed by atoms with van der Waals surface area (Å²) >= 11 is 1.79. The van der Waals surface area contributed by atoms with Crippen molar-refractivity contribution in [2.75, 3.05) is 0 Å². The number of fused-ring (bicyclic) bond motifs is 9. The summed E-state index contributed by atoms with van der Waals surface area (Å²) in [6.07, 6.45) is 0. The van der Waals surface area contributed by atoms with Gasteiger partial charge < -0.3 is 8.98 Å². The average molecular weight is 747 g/mol. The van der Waals surface area contributed by atoms with Gasteiger partial charge in [0.25, 0.3) is 0 Å². The highest BCUT2D eigenvalue weighted by Crippen LogP contribution is 2.46. The predicted molar refractivity (Wildman–Crippen MR) is 236 cm³/mol. The lowest BCUT2D eigenvalue weighted by Crippen LogP contribution is -2.01. The van der Waals surface area contributed by atoms with Crippen LogP contribution in [0, 0.1) is 0 Å². The second kappa shape index (κ2) is 12.6. The molecule has 12 aromatic rings. The fourth-order valence-corrected chi connectivity index (χ4v) is 9.78. The van der Waals surface area contributed by atoms with E-state index in [0.29, 0.717) is 17.5 Å². The minimum atomic E-state index is 0.595. The van der Waals surface area contributed by atoms with Crippen molar-refractivity contribution in [1.82, 2.24) is 19.5 Å². The van der Waals surface area contributed by atoms with Crippen LogP contribution >= 0.6 is 11.3 Å². The first kappa shape index (κ1) is 31.9. The normalized spacial score (nSPS) is 11.9. The molecule has 0 amide bonds. The van der Waals surface area contributed by atoms with Crippen LogP contribution in [0.2, 0.25) is 0 Å². The molecule has 4 aromatic heterocycles. The molecule has 6 heteroatoms. The van der Waals surface area contributed by atoms with Crippen molar-refractivity contribution in [1.29, 1.82) is 0 Å². The van der Waals surface area contributed by atoms with Crippen molar-refractivity contribution in [2.45, 2.75) is 0 Å². The maximum Gasteiger partial charge on any atom is 0.165 e. The molecule has 0 saturated heterocycles. The Morgan fingerprint density at radius 2 is 0.982 bits per heavy atom. The summed E-state index contributed by atoms with van der Waals surface area (Å²) < 4.78 is 11.1. The highest BCUT2D eigenvalue weighted by Gasteiger charge is 2.23. The van der Waals surface area contributed by atoms with Crippen LogP contribution < -0.4 is 0 Å². The second-order valence-electron chi connectivity index (χ2n) is 14.3. The van der Waals surface area contributed by atoms with Gasteiger partial charge in [-0.05, 0) is 53.6 Å². The van der Waals surface area contributed by atoms with Crippen molar-refractivity contribution in [3.05, 3.63) is 182 Å². The Kier molecular flexibility index (Phi) is 7.03. The van der Waals surface area contributed by atoms with E-state index in [2.05, 4.69) is 138 Å². The summed E-state index contributed by atoms with van der Waals surface area (Å²) in [6.45, 7) is 0. The molecule has 0 saturated carbocycles. The number of para-hydroxylation sites is 3. The van der Waals surface area contributed by atoms with Gasteiger partial charge >= 0.3 is 0 Å². The van der Waals surface area contributed by atoms with Gasteiger partial charge in [-0.2, -0.15) is 0 Å². The van der Waals surface area contributed by atoms with Crippen molar-refractivity contribution in [2.24, 2.45) is 0 Å². The maximum absolute atomic E-state index is 6.34. The van der Waals surface area contributed by atoms with Gasteiger partial charge in [0.2, 0.25) is 0 Å². The fourth-order valence-electron chi connectivity index (χ4n) is 8.56. The molecule has 0 radical (unpaired) electrons. The summed E-state index contributed by atoms with van der Waals surface area (Å²) in [4.78, 5) is 15.9. The molecule has 266 valence electrons. The van der Waals surface area contributed by atoms with Crippen LogP contribution in [-0.4, -0.2) is 19.5 Å². The first-order valence-electron chi connectivity index (χ1n) is 19.0. The molecular weight excluding hydrogens is 717 g/mol. The van der Waals surface area contributed by atoms with Gasteiger partial charge in [0.05, 0.1) is 11.0 Å². The zero-order valence-electron chi connectivity index (χ0n) is 30.4. The van der Waals surface area contributed by atoms with E-state index in [1.807, 2.05) is 48.5 Å². The van der Waals surface area contributed by atoms with E-state index in [-0.39, 0.29) is 0 Å². The largest absolute Gasteiger partial charge is 0.456 e. The molecule has 0 bridgehead atoms. The molecular formula is C51H30N4OS. The Bertz CT molecular complexity index is 3470. The molecule has 0 unspecified atom stereocenters. The molecule has 0 spiro atoms. The third-order valence-electron chi connectivity index (χ3n) is 11.1. The molecule has 0 aliphatic heterocycles. The smallest absolute Gasteiger partial charge is 0.165 e. The van der Waals surface area contributed by atoms with Gasteiger partial charge in [-0.25, -0.2) is 15.0 Å². The van der Waals surface area contributed by atoms with Crippen molar-refractivity contribution in [3.63, 3.8) is 0 Å². The number of rotatable bonds is 5. The van der Waals surface area contributed by atoms with E-state index in [1.165, 1.54) is 32.0 Å². The topological polar surface area (TPSA) is 56.7 Å². The van der Waals surface area contributed by atoms with Crippen molar-refractivity contribution >= 4 is 75.3 Å². The quantitative estimate of drug-likeness (QED) is 0.176. The Hall–Kier alpha value is -7.41. The van der Waals surface area contributed by atoms with Crippen LogP contribution in [0.5, 0.6) is 0 Å². The van der Waals surface area contributed by atoms with E-state index < -0.39 is 0 Å². The number of benzene rings is 8. The van der Waals surface area contributed by atoms with Crippen LogP contribution in [-0.2, 0) is 0 Å². The number of hydrogen-bond donors (Lipinski definition) is 0. The summed E-state index contributed by atoms with van der Waals surface area (Å²) in [5, 5.41) is 6.82. The molecule has 0 aliphatic rings. The van der Waals surface area contributed by atoms with E-state index >= 15 is 0 Å². The van der Waals surface area contributed by atoms with Crippen LogP contribution in [0.4, 0.5) is 0 Å². The molecule has 0 N–H and O–H groups in total. The van der Waals surface area contributed by atoms with Crippen LogP contribution in [0.25, 0.3) is 115 Å². The first-order valence-corrected chi connectivity index (χ1v) is 19.8. The van der Waals surface area contributed by atoms with Crippen LogP contribution in [0.15, 0.2) is 186 Å². The Balaban J connectivity index is 1.21. The first-order chi connectivity index (χ1) is 28.3. The standard InChI is InChI=1S/C51H30N4OS/c1-3-15-31(16-4-1)34-22-14-28-45-47(34)39-29-33(55-41-24-10-7-19-35(41)36-20-8-11-25-42(36)55)30-40(48(39)57-45)51-53-49(32-17-5-2-6-18-32)52-50(54-51)38-23-13-27-44-46(38)37-21-9-12-26-43(37)56-44/h1-30H. The van der Waals surface area contributed by atoms with E-state index in [4.69, 9.17) is 19.4 Å². The minimum absolute atomic E-state index is 0.595. The maximum atomic E-state index is 6.34. The average Bonchev–Trinajstić information content (AvgIpc) is 3.96. The minimum Gasteiger partial charge on any atom is -0.456 e. The number of thiophene rings is 1. The number of hydrogen-bond acceptors (Lipinski definition) is 5. The third kappa shape index (κ3) is 4.98. The molecule has 57 heavy (non-hydrogen) atoms. The van der Waals surface area contributed by atoms with E-state index in [0.717, 1.165) is 65.4 Å². The monoisotopic (exact) mass is 746 g/mol. The molecule has 0 fully saturated rings. The number of furan rings is 1. The number of nitrogens with zero attached hydrogens (tertiary/aromatic N) is 4. The molecule has 8 aromatic carbocycles. The lowest BCUT2D eigenvalue weighted by Gasteiger charge is -2.14. The van der Waals surface area contributed by atoms with E-state index in [1.54, 1.807) is 11.3 Å². The van der Waals surface area contributed by atoms with Gasteiger partial charge in [0.15, 0.2) is 17.5 Å². The highest BCUT2D eigenvalue weighted by atomic mass is 32.1. The summed E-state index contributed by atoms with van der Waals surface area (Å²) in [7, 11) is 0. The molecule has 4 heterocycles. The Morgan fingerprint density at radius 1 is 0.404 bits per heavy atom. The Morgan fingerprint density at radius 3 is 1.74 bits per heavy atom. The van der Waals surface area contributed by atoms with Gasteiger partial charge in [0.1, 0.15) is 11.2 Å². The Labute approximate surface area is 330 Å². The summed E-state index contributed by atoms with van der Waals surface area (Å²) in [5.74, 6) is 1.82.